The predicted octanol–water partition coefficient (Wildman–Crippen LogP) is 3.43. The summed E-state index contributed by atoms with van der Waals surface area (Å²) in [6.45, 7) is 4.98. The Labute approximate surface area is 119 Å². The Morgan fingerprint density at radius 3 is 2.95 bits per heavy atom. The number of carbonyl (C=O) groups excluding carboxylic acids is 1. The fourth-order valence-electron chi connectivity index (χ4n) is 2.47. The van der Waals surface area contributed by atoms with Crippen LogP contribution in [0.4, 0.5) is 0 Å². The Kier molecular flexibility index (Phi) is 4.70. The third-order valence-corrected chi connectivity index (χ3v) is 3.85. The molecule has 1 aromatic carbocycles. The Balaban J connectivity index is 1.92. The van der Waals surface area contributed by atoms with E-state index in [4.69, 9.17) is 16.3 Å². The molecule has 0 spiro atoms. The van der Waals surface area contributed by atoms with Gasteiger partial charge < -0.3 is 9.64 Å². The van der Waals surface area contributed by atoms with E-state index in [0.717, 1.165) is 30.7 Å². The monoisotopic (exact) mass is 281 g/mol. The lowest BCUT2D eigenvalue weighted by atomic mass is 10.0. The van der Waals surface area contributed by atoms with Gasteiger partial charge in [-0.2, -0.15) is 0 Å². The molecule has 0 aliphatic carbocycles. The molecule has 1 saturated heterocycles. The lowest BCUT2D eigenvalue weighted by Gasteiger charge is -2.33. The maximum absolute atomic E-state index is 12.1. The van der Waals surface area contributed by atoms with E-state index in [-0.39, 0.29) is 12.5 Å². The first kappa shape index (κ1) is 14.2. The van der Waals surface area contributed by atoms with Crippen LogP contribution >= 0.6 is 11.6 Å². The molecule has 104 valence electrons. The number of aryl methyl sites for hydroxylation is 1. The molecule has 4 heteroatoms. The largest absolute Gasteiger partial charge is 0.483 e. The highest BCUT2D eigenvalue weighted by molar-refractivity contribution is 6.30. The normalized spacial score (nSPS) is 19.3. The average molecular weight is 282 g/mol. The number of carbonyl (C=O) groups is 1. The van der Waals surface area contributed by atoms with Gasteiger partial charge in [0.2, 0.25) is 0 Å². The number of nitrogens with zero attached hydrogens (tertiary/aromatic N) is 1. The zero-order chi connectivity index (χ0) is 13.8. The van der Waals surface area contributed by atoms with Crippen molar-refractivity contribution in [1.82, 2.24) is 4.90 Å². The van der Waals surface area contributed by atoms with Gasteiger partial charge >= 0.3 is 0 Å². The Hall–Kier alpha value is -1.22. The van der Waals surface area contributed by atoms with Crippen molar-refractivity contribution in [3.8, 4) is 5.75 Å². The molecule has 1 atom stereocenters. The molecule has 1 aromatic rings. The highest BCUT2D eigenvalue weighted by Crippen LogP contribution is 2.22. The molecule has 1 heterocycles. The first-order valence-corrected chi connectivity index (χ1v) is 7.14. The molecule has 0 saturated carbocycles. The van der Waals surface area contributed by atoms with Crippen LogP contribution in [0.2, 0.25) is 5.02 Å². The molecule has 0 unspecified atom stereocenters. The van der Waals surface area contributed by atoms with Crippen LogP contribution in [0.5, 0.6) is 5.75 Å². The Morgan fingerprint density at radius 2 is 2.26 bits per heavy atom. The fourth-order valence-corrected chi connectivity index (χ4v) is 2.69. The summed E-state index contributed by atoms with van der Waals surface area (Å²) in [5.41, 5.74) is 0.951. The number of halogens is 1. The number of rotatable bonds is 3. The third kappa shape index (κ3) is 3.63. The molecule has 0 N–H and O–H groups in total. The van der Waals surface area contributed by atoms with Crippen LogP contribution in [0.25, 0.3) is 0 Å². The number of hydrogen-bond acceptors (Lipinski definition) is 2. The average Bonchev–Trinajstić information content (AvgIpc) is 2.38. The summed E-state index contributed by atoms with van der Waals surface area (Å²) in [6, 6.07) is 5.75. The highest BCUT2D eigenvalue weighted by atomic mass is 35.5. The molecule has 19 heavy (non-hydrogen) atoms. The van der Waals surface area contributed by atoms with Crippen molar-refractivity contribution in [3.05, 3.63) is 28.8 Å². The Morgan fingerprint density at radius 1 is 1.47 bits per heavy atom. The van der Waals surface area contributed by atoms with Gasteiger partial charge in [-0.25, -0.2) is 0 Å². The molecular weight excluding hydrogens is 262 g/mol. The summed E-state index contributed by atoms with van der Waals surface area (Å²) in [5, 5.41) is 0.681. The number of likely N-dealkylation sites (tertiary alicyclic amines) is 1. The van der Waals surface area contributed by atoms with Crippen LogP contribution in [0, 0.1) is 6.92 Å². The van der Waals surface area contributed by atoms with Gasteiger partial charge in [-0.05, 0) is 56.9 Å². The van der Waals surface area contributed by atoms with E-state index in [9.17, 15) is 4.79 Å². The minimum absolute atomic E-state index is 0.0709. The smallest absolute Gasteiger partial charge is 0.260 e. The summed E-state index contributed by atoms with van der Waals surface area (Å²) in [6.07, 6.45) is 3.39. The van der Waals surface area contributed by atoms with Crippen LogP contribution in [-0.2, 0) is 4.79 Å². The SMILES string of the molecule is Cc1cc(Cl)ccc1OCC(=O)N1CCCC[C@H]1C. The maximum Gasteiger partial charge on any atom is 0.260 e. The van der Waals surface area contributed by atoms with Gasteiger partial charge in [0.25, 0.3) is 5.91 Å². The molecule has 1 aliphatic heterocycles. The predicted molar refractivity (Wildman–Crippen MR) is 76.7 cm³/mol. The van der Waals surface area contributed by atoms with Crippen molar-refractivity contribution < 1.29 is 9.53 Å². The fraction of sp³-hybridized carbons (Fsp3) is 0.533. The molecular formula is C15H20ClNO2. The minimum Gasteiger partial charge on any atom is -0.483 e. The molecule has 1 aliphatic rings. The van der Waals surface area contributed by atoms with Crippen LogP contribution in [0.1, 0.15) is 31.7 Å². The lowest BCUT2D eigenvalue weighted by Crippen LogP contribution is -2.44. The van der Waals surface area contributed by atoms with Gasteiger partial charge in [-0.3, -0.25) is 4.79 Å². The maximum atomic E-state index is 12.1. The number of ether oxygens (including phenoxy) is 1. The standard InChI is InChI=1S/C15H20ClNO2/c1-11-9-13(16)6-7-14(11)19-10-15(18)17-8-4-3-5-12(17)2/h6-7,9,12H,3-5,8,10H2,1-2H3/t12-/m1/s1. The van der Waals surface area contributed by atoms with E-state index >= 15 is 0 Å². The van der Waals surface area contributed by atoms with Gasteiger partial charge in [0.15, 0.2) is 6.61 Å². The molecule has 3 nitrogen and oxygen atoms in total. The molecule has 2 rings (SSSR count). The zero-order valence-electron chi connectivity index (χ0n) is 11.5. The molecule has 0 radical (unpaired) electrons. The lowest BCUT2D eigenvalue weighted by molar-refractivity contribution is -0.136. The van der Waals surface area contributed by atoms with E-state index in [0.29, 0.717) is 11.1 Å². The van der Waals surface area contributed by atoms with E-state index in [2.05, 4.69) is 6.92 Å². The molecule has 0 aromatic heterocycles. The first-order valence-electron chi connectivity index (χ1n) is 6.76. The van der Waals surface area contributed by atoms with Crippen LogP contribution in [0.15, 0.2) is 18.2 Å². The van der Waals surface area contributed by atoms with Crippen molar-refractivity contribution in [1.29, 1.82) is 0 Å². The Bertz CT molecular complexity index is 461. The minimum atomic E-state index is 0.0709. The second-order valence-electron chi connectivity index (χ2n) is 5.13. The summed E-state index contributed by atoms with van der Waals surface area (Å²) >= 11 is 5.89. The molecule has 0 bridgehead atoms. The summed E-state index contributed by atoms with van der Waals surface area (Å²) < 4.78 is 5.61. The van der Waals surface area contributed by atoms with Crippen LogP contribution in [0.3, 0.4) is 0 Å². The topological polar surface area (TPSA) is 29.5 Å². The van der Waals surface area contributed by atoms with E-state index in [1.54, 1.807) is 6.07 Å². The molecule has 1 amide bonds. The number of benzene rings is 1. The third-order valence-electron chi connectivity index (χ3n) is 3.61. The van der Waals surface area contributed by atoms with Gasteiger partial charge in [0, 0.05) is 17.6 Å². The van der Waals surface area contributed by atoms with Gasteiger partial charge in [0.1, 0.15) is 5.75 Å². The van der Waals surface area contributed by atoms with Crippen molar-refractivity contribution in [2.75, 3.05) is 13.2 Å². The van der Waals surface area contributed by atoms with Crippen LogP contribution in [-0.4, -0.2) is 30.0 Å². The highest BCUT2D eigenvalue weighted by Gasteiger charge is 2.23. The van der Waals surface area contributed by atoms with Gasteiger partial charge in [-0.1, -0.05) is 11.6 Å². The summed E-state index contributed by atoms with van der Waals surface area (Å²) in [4.78, 5) is 14.1. The summed E-state index contributed by atoms with van der Waals surface area (Å²) in [5.74, 6) is 0.795. The second kappa shape index (κ2) is 6.29. The van der Waals surface area contributed by atoms with Crippen LogP contribution < -0.4 is 4.74 Å². The second-order valence-corrected chi connectivity index (χ2v) is 5.57. The van der Waals surface area contributed by atoms with E-state index < -0.39 is 0 Å². The number of hydrogen-bond donors (Lipinski definition) is 0. The van der Waals surface area contributed by atoms with Crippen molar-refractivity contribution >= 4 is 17.5 Å². The van der Waals surface area contributed by atoms with E-state index in [1.807, 2.05) is 24.0 Å². The van der Waals surface area contributed by atoms with E-state index in [1.165, 1.54) is 6.42 Å². The number of piperidine rings is 1. The summed E-state index contributed by atoms with van der Waals surface area (Å²) in [7, 11) is 0. The van der Waals surface area contributed by atoms with Gasteiger partial charge in [-0.15, -0.1) is 0 Å². The van der Waals surface area contributed by atoms with Crippen molar-refractivity contribution in [2.45, 2.75) is 39.2 Å². The first-order chi connectivity index (χ1) is 9.08. The van der Waals surface area contributed by atoms with Gasteiger partial charge in [0.05, 0.1) is 0 Å². The van der Waals surface area contributed by atoms with Crippen molar-refractivity contribution in [2.24, 2.45) is 0 Å². The number of amides is 1. The quantitative estimate of drug-likeness (QED) is 0.849. The van der Waals surface area contributed by atoms with Crippen molar-refractivity contribution in [3.63, 3.8) is 0 Å². The molecule has 1 fully saturated rings. The zero-order valence-corrected chi connectivity index (χ0v) is 12.2.